The molecule has 1 aromatic carbocycles. The van der Waals surface area contributed by atoms with E-state index in [-0.39, 0.29) is 11.5 Å². The van der Waals surface area contributed by atoms with Gasteiger partial charge in [-0.05, 0) is 31.2 Å². The molecular weight excluding hydrogens is 352 g/mol. The molecule has 3 heterocycles. The molecule has 3 aromatic rings. The Morgan fingerprint density at radius 1 is 1.11 bits per heavy atom. The molecule has 0 radical (unpaired) electrons. The van der Waals surface area contributed by atoms with Gasteiger partial charge >= 0.3 is 0 Å². The lowest BCUT2D eigenvalue weighted by Crippen LogP contribution is -2.34. The summed E-state index contributed by atoms with van der Waals surface area (Å²) in [5.41, 5.74) is 3.77. The SMILES string of the molecule is O=C(NCCc1ccccc1)c1c(-c2cncnc2)cc(=O)n2c1CCCC2. The minimum absolute atomic E-state index is 0.0746. The van der Waals surface area contributed by atoms with E-state index in [2.05, 4.69) is 15.3 Å². The minimum atomic E-state index is -0.152. The normalized spacial score (nSPS) is 13.0. The lowest BCUT2D eigenvalue weighted by Gasteiger charge is -2.23. The molecule has 0 saturated carbocycles. The predicted octanol–water partition coefficient (Wildman–Crippen LogP) is 2.61. The number of aromatic nitrogens is 3. The molecule has 0 saturated heterocycles. The highest BCUT2D eigenvalue weighted by Gasteiger charge is 2.24. The number of benzene rings is 1. The highest BCUT2D eigenvalue weighted by atomic mass is 16.2. The van der Waals surface area contributed by atoms with Crippen molar-refractivity contribution in [3.05, 3.63) is 82.3 Å². The highest BCUT2D eigenvalue weighted by Crippen LogP contribution is 2.27. The summed E-state index contributed by atoms with van der Waals surface area (Å²) in [4.78, 5) is 33.9. The van der Waals surface area contributed by atoms with Gasteiger partial charge < -0.3 is 9.88 Å². The van der Waals surface area contributed by atoms with Crippen LogP contribution in [0.2, 0.25) is 0 Å². The van der Waals surface area contributed by atoms with Crippen LogP contribution in [0.1, 0.15) is 34.5 Å². The van der Waals surface area contributed by atoms with E-state index < -0.39 is 0 Å². The van der Waals surface area contributed by atoms with Crippen LogP contribution in [0.15, 0.2) is 59.9 Å². The van der Waals surface area contributed by atoms with Crippen LogP contribution in [0.25, 0.3) is 11.1 Å². The zero-order chi connectivity index (χ0) is 19.3. The zero-order valence-corrected chi connectivity index (χ0v) is 15.6. The summed E-state index contributed by atoms with van der Waals surface area (Å²) in [6.07, 6.45) is 8.12. The fraction of sp³-hybridized carbons (Fsp3) is 0.273. The topological polar surface area (TPSA) is 76.9 Å². The Morgan fingerprint density at radius 3 is 2.68 bits per heavy atom. The average molecular weight is 374 g/mol. The smallest absolute Gasteiger partial charge is 0.253 e. The van der Waals surface area contributed by atoms with Crippen LogP contribution >= 0.6 is 0 Å². The van der Waals surface area contributed by atoms with E-state index in [0.29, 0.717) is 29.8 Å². The molecule has 0 aliphatic carbocycles. The summed E-state index contributed by atoms with van der Waals surface area (Å²) < 4.78 is 1.74. The molecule has 1 amide bonds. The Morgan fingerprint density at radius 2 is 1.89 bits per heavy atom. The van der Waals surface area contributed by atoms with Gasteiger partial charge in [0, 0.05) is 48.4 Å². The molecule has 6 nitrogen and oxygen atoms in total. The lowest BCUT2D eigenvalue weighted by atomic mass is 9.95. The maximum Gasteiger partial charge on any atom is 0.253 e. The van der Waals surface area contributed by atoms with E-state index in [1.807, 2.05) is 30.3 Å². The van der Waals surface area contributed by atoms with Crippen LogP contribution in [0.3, 0.4) is 0 Å². The number of nitrogens with zero attached hydrogens (tertiary/aromatic N) is 3. The minimum Gasteiger partial charge on any atom is -0.352 e. The highest BCUT2D eigenvalue weighted by molar-refractivity contribution is 6.01. The van der Waals surface area contributed by atoms with Gasteiger partial charge in [0.25, 0.3) is 11.5 Å². The third kappa shape index (κ3) is 3.71. The fourth-order valence-corrected chi connectivity index (χ4v) is 3.74. The van der Waals surface area contributed by atoms with Crippen molar-refractivity contribution in [3.8, 4) is 11.1 Å². The van der Waals surface area contributed by atoms with Gasteiger partial charge in [-0.25, -0.2) is 9.97 Å². The number of amides is 1. The van der Waals surface area contributed by atoms with Crippen molar-refractivity contribution < 1.29 is 4.79 Å². The monoisotopic (exact) mass is 374 g/mol. The van der Waals surface area contributed by atoms with Crippen molar-refractivity contribution in [2.75, 3.05) is 6.54 Å². The summed E-state index contributed by atoms with van der Waals surface area (Å²) in [6.45, 7) is 1.19. The Kier molecular flexibility index (Phi) is 5.28. The van der Waals surface area contributed by atoms with Gasteiger partial charge in [0.1, 0.15) is 6.33 Å². The molecule has 28 heavy (non-hydrogen) atoms. The van der Waals surface area contributed by atoms with Crippen molar-refractivity contribution in [1.82, 2.24) is 19.9 Å². The van der Waals surface area contributed by atoms with E-state index in [1.165, 1.54) is 11.9 Å². The summed E-state index contributed by atoms with van der Waals surface area (Å²) in [5, 5.41) is 3.03. The number of hydrogen-bond donors (Lipinski definition) is 1. The Bertz CT molecular complexity index is 1030. The molecule has 0 fully saturated rings. The maximum atomic E-state index is 13.1. The van der Waals surface area contributed by atoms with Crippen LogP contribution in [0.4, 0.5) is 0 Å². The van der Waals surface area contributed by atoms with Crippen LogP contribution in [-0.4, -0.2) is 27.0 Å². The van der Waals surface area contributed by atoms with Crippen LogP contribution in [0.5, 0.6) is 0 Å². The van der Waals surface area contributed by atoms with E-state index in [4.69, 9.17) is 0 Å². The second kappa shape index (κ2) is 8.17. The van der Waals surface area contributed by atoms with Gasteiger partial charge in [-0.15, -0.1) is 0 Å². The zero-order valence-electron chi connectivity index (χ0n) is 15.6. The summed E-state index contributed by atoms with van der Waals surface area (Å²) >= 11 is 0. The Hall–Kier alpha value is -3.28. The molecular formula is C22H22N4O2. The molecule has 2 aromatic heterocycles. The van der Waals surface area contributed by atoms with Gasteiger partial charge in [-0.3, -0.25) is 9.59 Å². The summed E-state index contributed by atoms with van der Waals surface area (Å²) in [5.74, 6) is -0.152. The first-order valence-corrected chi connectivity index (χ1v) is 9.58. The third-order valence-electron chi connectivity index (χ3n) is 5.10. The number of carbonyl (C=O) groups excluding carboxylic acids is 1. The second-order valence-electron chi connectivity index (χ2n) is 6.95. The molecule has 0 atom stereocenters. The first-order valence-electron chi connectivity index (χ1n) is 9.58. The molecule has 142 valence electrons. The van der Waals surface area contributed by atoms with Gasteiger partial charge in [0.05, 0.1) is 5.56 Å². The summed E-state index contributed by atoms with van der Waals surface area (Å²) in [7, 11) is 0. The van der Waals surface area contributed by atoms with Gasteiger partial charge in [-0.1, -0.05) is 30.3 Å². The molecule has 1 aliphatic rings. The van der Waals surface area contributed by atoms with Gasteiger partial charge in [0.15, 0.2) is 0 Å². The summed E-state index contributed by atoms with van der Waals surface area (Å²) in [6, 6.07) is 11.6. The van der Waals surface area contributed by atoms with Gasteiger partial charge in [0.2, 0.25) is 0 Å². The number of pyridine rings is 1. The van der Waals surface area contributed by atoms with E-state index >= 15 is 0 Å². The quantitative estimate of drug-likeness (QED) is 0.745. The fourth-order valence-electron chi connectivity index (χ4n) is 3.74. The van der Waals surface area contributed by atoms with E-state index in [0.717, 1.165) is 31.4 Å². The molecule has 0 unspecified atom stereocenters. The average Bonchev–Trinajstić information content (AvgIpc) is 2.75. The number of carbonyl (C=O) groups is 1. The standard InChI is InChI=1S/C22H22N4O2/c27-20-12-18(17-13-23-15-24-14-17)21(19-8-4-5-11-26(19)20)22(28)25-10-9-16-6-2-1-3-7-16/h1-3,6-7,12-15H,4-5,8-11H2,(H,25,28). The number of fused-ring (bicyclic) bond motifs is 1. The first kappa shape index (κ1) is 18.1. The lowest BCUT2D eigenvalue weighted by molar-refractivity contribution is 0.0952. The second-order valence-corrected chi connectivity index (χ2v) is 6.95. The number of rotatable bonds is 5. The molecule has 1 N–H and O–H groups in total. The van der Waals surface area contributed by atoms with Crippen LogP contribution in [-0.2, 0) is 19.4 Å². The van der Waals surface area contributed by atoms with Crippen molar-refractivity contribution in [1.29, 1.82) is 0 Å². The van der Waals surface area contributed by atoms with Crippen molar-refractivity contribution in [2.45, 2.75) is 32.2 Å². The van der Waals surface area contributed by atoms with Crippen LogP contribution in [0, 0.1) is 0 Å². The van der Waals surface area contributed by atoms with E-state index in [1.54, 1.807) is 23.0 Å². The van der Waals surface area contributed by atoms with Crippen molar-refractivity contribution in [3.63, 3.8) is 0 Å². The number of nitrogens with one attached hydrogen (secondary N) is 1. The molecule has 4 rings (SSSR count). The molecule has 6 heteroatoms. The van der Waals surface area contributed by atoms with E-state index in [9.17, 15) is 9.59 Å². The van der Waals surface area contributed by atoms with Crippen LogP contribution < -0.4 is 10.9 Å². The van der Waals surface area contributed by atoms with Gasteiger partial charge in [-0.2, -0.15) is 0 Å². The number of hydrogen-bond acceptors (Lipinski definition) is 4. The molecule has 0 bridgehead atoms. The Labute approximate surface area is 163 Å². The van der Waals surface area contributed by atoms with Crippen molar-refractivity contribution >= 4 is 5.91 Å². The largest absolute Gasteiger partial charge is 0.352 e. The maximum absolute atomic E-state index is 13.1. The predicted molar refractivity (Wildman–Crippen MR) is 107 cm³/mol. The Balaban J connectivity index is 1.67. The van der Waals surface area contributed by atoms with Crippen molar-refractivity contribution in [2.24, 2.45) is 0 Å². The first-order chi connectivity index (χ1) is 13.7. The molecule has 1 aliphatic heterocycles. The third-order valence-corrected chi connectivity index (χ3v) is 5.10. The molecule has 0 spiro atoms.